The van der Waals surface area contributed by atoms with Crippen LogP contribution in [0.15, 0.2) is 53.7 Å². The number of ether oxygens (including phenoxy) is 1. The summed E-state index contributed by atoms with van der Waals surface area (Å²) in [6.07, 6.45) is 2.88. The van der Waals surface area contributed by atoms with Crippen LogP contribution in [0, 0.1) is 0 Å². The maximum Gasteiger partial charge on any atom is 0.407 e. The highest BCUT2D eigenvalue weighted by Crippen LogP contribution is 2.28. The van der Waals surface area contributed by atoms with Gasteiger partial charge in [-0.15, -0.1) is 0 Å². The molecule has 9 heteroatoms. The van der Waals surface area contributed by atoms with Gasteiger partial charge in [-0.25, -0.2) is 17.2 Å². The summed E-state index contributed by atoms with van der Waals surface area (Å²) in [4.78, 5) is 16.2. The molecule has 0 unspecified atom stereocenters. The molecule has 0 fully saturated rings. The van der Waals surface area contributed by atoms with Gasteiger partial charge < -0.3 is 10.1 Å². The molecule has 0 saturated carbocycles. The molecule has 0 aliphatic rings. The van der Waals surface area contributed by atoms with Crippen LogP contribution < -0.4 is 5.32 Å². The summed E-state index contributed by atoms with van der Waals surface area (Å²) in [7, 11) is -3.92. The summed E-state index contributed by atoms with van der Waals surface area (Å²) < 4.78 is 32.7. The van der Waals surface area contributed by atoms with E-state index in [2.05, 4.69) is 10.3 Å². The number of carbonyl (C=O) groups excluding carboxylic acids is 1. The van der Waals surface area contributed by atoms with Gasteiger partial charge in [-0.2, -0.15) is 0 Å². The maximum atomic E-state index is 13.2. The third-order valence-corrected chi connectivity index (χ3v) is 6.23. The molecule has 2 aromatic heterocycles. The van der Waals surface area contributed by atoms with Gasteiger partial charge in [-0.1, -0.05) is 23.7 Å². The zero-order chi connectivity index (χ0) is 21.2. The maximum absolute atomic E-state index is 13.2. The van der Waals surface area contributed by atoms with Crippen molar-refractivity contribution in [1.29, 1.82) is 0 Å². The number of aromatic nitrogens is 2. The molecule has 2 heterocycles. The largest absolute Gasteiger partial charge is 0.449 e. The number of halogens is 1. The van der Waals surface area contributed by atoms with Gasteiger partial charge in [0.1, 0.15) is 4.90 Å². The molecule has 3 rings (SSSR count). The van der Waals surface area contributed by atoms with Crippen molar-refractivity contribution >= 4 is 38.8 Å². The summed E-state index contributed by atoms with van der Waals surface area (Å²) in [5, 5.41) is 2.85. The van der Waals surface area contributed by atoms with Crippen molar-refractivity contribution in [1.82, 2.24) is 14.3 Å². The van der Waals surface area contributed by atoms with Gasteiger partial charge in [-0.05, 0) is 45.0 Å². The lowest BCUT2D eigenvalue weighted by Crippen LogP contribution is -2.41. The first-order valence-corrected chi connectivity index (χ1v) is 10.8. The molecule has 154 valence electrons. The van der Waals surface area contributed by atoms with Gasteiger partial charge in [0.25, 0.3) is 10.0 Å². The first kappa shape index (κ1) is 21.1. The van der Waals surface area contributed by atoms with Crippen LogP contribution in [-0.2, 0) is 21.2 Å². The fraction of sp³-hybridized carbons (Fsp3) is 0.300. The van der Waals surface area contributed by atoms with Crippen molar-refractivity contribution in [2.75, 3.05) is 6.61 Å². The number of carbonyl (C=O) groups is 1. The highest BCUT2D eigenvalue weighted by molar-refractivity contribution is 7.90. The second-order valence-corrected chi connectivity index (χ2v) is 9.71. The summed E-state index contributed by atoms with van der Waals surface area (Å²) in [5.74, 6) is 0. The average molecular weight is 436 g/mol. The highest BCUT2D eigenvalue weighted by atomic mass is 35.5. The Kier molecular flexibility index (Phi) is 5.86. The Hall–Kier alpha value is -2.58. The second kappa shape index (κ2) is 8.04. The third-order valence-electron chi connectivity index (χ3n) is 4.06. The first-order chi connectivity index (χ1) is 13.6. The van der Waals surface area contributed by atoms with E-state index in [4.69, 9.17) is 16.3 Å². The smallest absolute Gasteiger partial charge is 0.407 e. The van der Waals surface area contributed by atoms with Crippen LogP contribution in [0.5, 0.6) is 0 Å². The quantitative estimate of drug-likeness (QED) is 0.654. The van der Waals surface area contributed by atoms with E-state index in [1.807, 2.05) is 20.8 Å². The summed E-state index contributed by atoms with van der Waals surface area (Å²) in [6, 6.07) is 9.61. The summed E-state index contributed by atoms with van der Waals surface area (Å²) in [5.41, 5.74) is 1.21. The zero-order valence-electron chi connectivity index (χ0n) is 16.3. The number of pyridine rings is 1. The topological polar surface area (TPSA) is 90.3 Å². The van der Waals surface area contributed by atoms with Crippen LogP contribution >= 0.6 is 11.6 Å². The molecule has 0 radical (unpaired) electrons. The van der Waals surface area contributed by atoms with Gasteiger partial charge in [0.15, 0.2) is 0 Å². The number of hydrogen-bond acceptors (Lipinski definition) is 5. The Balaban J connectivity index is 1.90. The van der Waals surface area contributed by atoms with Crippen molar-refractivity contribution in [3.05, 3.63) is 59.4 Å². The average Bonchev–Trinajstić information content (AvgIpc) is 3.00. The summed E-state index contributed by atoms with van der Waals surface area (Å²) in [6.45, 7) is 5.64. The lowest BCUT2D eigenvalue weighted by atomic mass is 10.1. The number of nitrogens with zero attached hydrogens (tertiary/aromatic N) is 2. The Morgan fingerprint density at radius 2 is 1.93 bits per heavy atom. The lowest BCUT2D eigenvalue weighted by Gasteiger charge is -2.19. The molecule has 1 aromatic carbocycles. The number of hydrogen-bond donors (Lipinski definition) is 1. The number of amides is 1. The van der Waals surface area contributed by atoms with E-state index < -0.39 is 21.7 Å². The molecular formula is C20H22ClN3O4S. The SMILES string of the molecule is CC(C)(C)NC(=O)OCCc1cn(S(=O)(=O)c2ccccc2Cl)c2cccnc12. The van der Waals surface area contributed by atoms with Crippen LogP contribution in [0.25, 0.3) is 11.0 Å². The van der Waals surface area contributed by atoms with Crippen LogP contribution in [0.3, 0.4) is 0 Å². The van der Waals surface area contributed by atoms with Crippen molar-refractivity contribution in [2.24, 2.45) is 0 Å². The molecule has 1 amide bonds. The molecule has 3 aromatic rings. The molecule has 0 saturated heterocycles. The predicted octanol–water partition coefficient (Wildman–Crippen LogP) is 3.99. The van der Waals surface area contributed by atoms with Crippen LogP contribution in [-0.4, -0.2) is 35.6 Å². The fourth-order valence-electron chi connectivity index (χ4n) is 2.83. The lowest BCUT2D eigenvalue weighted by molar-refractivity contribution is 0.139. The molecule has 0 aliphatic heterocycles. The fourth-order valence-corrected chi connectivity index (χ4v) is 4.71. The van der Waals surface area contributed by atoms with E-state index in [-0.39, 0.29) is 16.5 Å². The number of alkyl carbamates (subject to hydrolysis) is 1. The Labute approximate surface area is 174 Å². The zero-order valence-corrected chi connectivity index (χ0v) is 17.9. The standard InChI is InChI=1S/C20H22ClN3O4S/c1-20(2,3)23-19(25)28-12-10-14-13-24(16-8-6-11-22-18(14)16)29(26,27)17-9-5-4-7-15(17)21/h4-9,11,13H,10,12H2,1-3H3,(H,23,25). The highest BCUT2D eigenvalue weighted by Gasteiger charge is 2.24. The normalized spacial score (nSPS) is 12.1. The molecule has 0 bridgehead atoms. The molecule has 7 nitrogen and oxygen atoms in total. The molecule has 0 atom stereocenters. The minimum atomic E-state index is -3.92. The Morgan fingerprint density at radius 3 is 2.62 bits per heavy atom. The molecule has 1 N–H and O–H groups in total. The van der Waals surface area contributed by atoms with Crippen LogP contribution in [0.4, 0.5) is 4.79 Å². The Bertz CT molecular complexity index is 1150. The minimum Gasteiger partial charge on any atom is -0.449 e. The monoisotopic (exact) mass is 435 g/mol. The van der Waals surface area contributed by atoms with Gasteiger partial charge in [0.2, 0.25) is 0 Å². The van der Waals surface area contributed by atoms with Crippen molar-refractivity contribution in [2.45, 2.75) is 37.6 Å². The van der Waals surface area contributed by atoms with E-state index in [9.17, 15) is 13.2 Å². The Morgan fingerprint density at radius 1 is 1.21 bits per heavy atom. The van der Waals surface area contributed by atoms with E-state index >= 15 is 0 Å². The van der Waals surface area contributed by atoms with Crippen molar-refractivity contribution < 1.29 is 17.9 Å². The first-order valence-electron chi connectivity index (χ1n) is 8.99. The summed E-state index contributed by atoms with van der Waals surface area (Å²) >= 11 is 6.12. The second-order valence-electron chi connectivity index (χ2n) is 7.52. The van der Waals surface area contributed by atoms with Gasteiger partial charge >= 0.3 is 6.09 Å². The number of rotatable bonds is 5. The number of nitrogens with one attached hydrogen (secondary N) is 1. The number of benzene rings is 1. The minimum absolute atomic E-state index is 0.00905. The van der Waals surface area contributed by atoms with Crippen molar-refractivity contribution in [3.63, 3.8) is 0 Å². The van der Waals surface area contributed by atoms with E-state index in [1.165, 1.54) is 22.3 Å². The predicted molar refractivity (Wildman–Crippen MR) is 112 cm³/mol. The van der Waals surface area contributed by atoms with Gasteiger partial charge in [-0.3, -0.25) is 4.98 Å². The molecule has 0 spiro atoms. The third kappa shape index (κ3) is 4.71. The van der Waals surface area contributed by atoms with E-state index in [0.29, 0.717) is 23.0 Å². The van der Waals surface area contributed by atoms with Crippen LogP contribution in [0.1, 0.15) is 26.3 Å². The van der Waals surface area contributed by atoms with Gasteiger partial charge in [0.05, 0.1) is 22.7 Å². The van der Waals surface area contributed by atoms with E-state index in [1.54, 1.807) is 30.5 Å². The van der Waals surface area contributed by atoms with Crippen LogP contribution in [0.2, 0.25) is 5.02 Å². The number of fused-ring (bicyclic) bond motifs is 1. The molecule has 0 aliphatic carbocycles. The molecule has 29 heavy (non-hydrogen) atoms. The van der Waals surface area contributed by atoms with Gasteiger partial charge in [0, 0.05) is 29.9 Å². The van der Waals surface area contributed by atoms with Crippen molar-refractivity contribution in [3.8, 4) is 0 Å². The van der Waals surface area contributed by atoms with E-state index in [0.717, 1.165) is 0 Å². The molecular weight excluding hydrogens is 414 g/mol.